The maximum absolute atomic E-state index is 12.6. The van der Waals surface area contributed by atoms with Crippen molar-refractivity contribution in [1.82, 2.24) is 10.2 Å². The molecule has 0 radical (unpaired) electrons. The Hall–Kier alpha value is -1.73. The van der Waals surface area contributed by atoms with Crippen LogP contribution in [0.25, 0.3) is 0 Å². The van der Waals surface area contributed by atoms with Crippen molar-refractivity contribution in [3.63, 3.8) is 0 Å². The van der Waals surface area contributed by atoms with Crippen molar-refractivity contribution in [2.24, 2.45) is 0 Å². The fraction of sp³-hybridized carbons (Fsp3) is 0.733. The maximum Gasteiger partial charge on any atom is 0.471 e. The van der Waals surface area contributed by atoms with Gasteiger partial charge in [-0.3, -0.25) is 4.79 Å². The van der Waals surface area contributed by atoms with Crippen LogP contribution in [0.1, 0.15) is 41.0 Å². The van der Waals surface area contributed by atoms with E-state index in [0.29, 0.717) is 16.9 Å². The highest BCUT2D eigenvalue weighted by molar-refractivity contribution is 5.82. The number of nitrogens with one attached hydrogen (secondary N) is 1. The van der Waals surface area contributed by atoms with Gasteiger partial charge >= 0.3 is 18.2 Å². The molecule has 1 rings (SSSR count). The number of ether oxygens (including phenoxy) is 1. The van der Waals surface area contributed by atoms with Crippen molar-refractivity contribution in [3.05, 3.63) is 11.1 Å². The Kier molecular flexibility index (Phi) is 5.71. The molecule has 0 saturated carbocycles. The molecule has 1 aliphatic heterocycles. The van der Waals surface area contributed by atoms with E-state index in [4.69, 9.17) is 4.74 Å². The highest BCUT2D eigenvalue weighted by Crippen LogP contribution is 2.26. The zero-order valence-corrected chi connectivity index (χ0v) is 14.0. The van der Waals surface area contributed by atoms with E-state index in [2.05, 4.69) is 5.32 Å². The van der Waals surface area contributed by atoms with Gasteiger partial charge in [-0.05, 0) is 39.7 Å². The molecule has 0 bridgehead atoms. The Morgan fingerprint density at radius 3 is 2.30 bits per heavy atom. The number of nitrogens with zero attached hydrogens (tertiary/aromatic N) is 1. The van der Waals surface area contributed by atoms with E-state index < -0.39 is 29.8 Å². The van der Waals surface area contributed by atoms with Gasteiger partial charge in [-0.1, -0.05) is 12.5 Å². The van der Waals surface area contributed by atoms with Gasteiger partial charge < -0.3 is 15.0 Å². The number of rotatable bonds is 2. The Balaban J connectivity index is 2.93. The van der Waals surface area contributed by atoms with Crippen LogP contribution < -0.4 is 5.32 Å². The minimum Gasteiger partial charge on any atom is -0.444 e. The summed E-state index contributed by atoms with van der Waals surface area (Å²) in [5, 5.41) is 2.56. The Morgan fingerprint density at radius 1 is 1.30 bits per heavy atom. The summed E-state index contributed by atoms with van der Waals surface area (Å²) in [5.74, 6) is -1.90. The summed E-state index contributed by atoms with van der Waals surface area (Å²) in [6, 6.07) is -0.685. The Bertz CT molecular complexity index is 507. The predicted octanol–water partition coefficient (Wildman–Crippen LogP) is 3.01. The molecule has 1 N–H and O–H groups in total. The number of halogens is 3. The first-order valence-corrected chi connectivity index (χ1v) is 7.39. The van der Waals surface area contributed by atoms with Crippen molar-refractivity contribution in [3.8, 4) is 0 Å². The number of hydrogen-bond donors (Lipinski definition) is 1. The first-order valence-electron chi connectivity index (χ1n) is 7.39. The molecule has 0 fully saturated rings. The zero-order chi connectivity index (χ0) is 18.0. The maximum atomic E-state index is 12.6. The van der Waals surface area contributed by atoms with Crippen LogP contribution >= 0.6 is 0 Å². The molecule has 132 valence electrons. The lowest BCUT2D eigenvalue weighted by atomic mass is 9.94. The SMILES string of the molecule is CCC1=C(C)CN(C(=O)C(F)(F)F)C[C@H]1NC(=O)OC(C)(C)C. The summed E-state index contributed by atoms with van der Waals surface area (Å²) in [6.07, 6.45) is -5.08. The standard InChI is InChI=1S/C15H23F3N2O3/c1-6-10-9(2)7-20(12(21)15(16,17)18)8-11(10)19-13(22)23-14(3,4)5/h11H,6-8H2,1-5H3,(H,19,22)/t11-/m1/s1. The summed E-state index contributed by atoms with van der Waals surface area (Å²) in [6.45, 7) is 8.27. The van der Waals surface area contributed by atoms with Gasteiger partial charge in [-0.2, -0.15) is 13.2 Å². The van der Waals surface area contributed by atoms with Crippen LogP contribution in [-0.4, -0.2) is 47.8 Å². The average molecular weight is 336 g/mol. The number of alkyl carbamates (subject to hydrolysis) is 1. The third kappa shape index (κ3) is 5.44. The summed E-state index contributed by atoms with van der Waals surface area (Å²) in [7, 11) is 0. The number of carbonyl (C=O) groups is 2. The van der Waals surface area contributed by atoms with Crippen LogP contribution in [0.15, 0.2) is 11.1 Å². The van der Waals surface area contributed by atoms with E-state index in [-0.39, 0.29) is 13.1 Å². The van der Waals surface area contributed by atoms with E-state index >= 15 is 0 Å². The molecule has 8 heteroatoms. The van der Waals surface area contributed by atoms with Crippen LogP contribution in [0, 0.1) is 0 Å². The highest BCUT2D eigenvalue weighted by atomic mass is 19.4. The molecule has 2 amide bonds. The van der Waals surface area contributed by atoms with Crippen LogP contribution in [0.4, 0.5) is 18.0 Å². The molecule has 23 heavy (non-hydrogen) atoms. The first kappa shape index (κ1) is 19.3. The molecular formula is C15H23F3N2O3. The number of alkyl halides is 3. The van der Waals surface area contributed by atoms with Gasteiger partial charge in [0.15, 0.2) is 0 Å². The summed E-state index contributed by atoms with van der Waals surface area (Å²) in [5.41, 5.74) is 0.755. The molecule has 0 aromatic rings. The van der Waals surface area contributed by atoms with Crippen molar-refractivity contribution in [2.75, 3.05) is 13.1 Å². The van der Waals surface area contributed by atoms with Crippen LogP contribution in [0.3, 0.4) is 0 Å². The average Bonchev–Trinajstić information content (AvgIpc) is 2.33. The van der Waals surface area contributed by atoms with E-state index in [1.807, 2.05) is 6.92 Å². The molecule has 5 nitrogen and oxygen atoms in total. The topological polar surface area (TPSA) is 58.6 Å². The second-order valence-electron chi connectivity index (χ2n) is 6.54. The second-order valence-corrected chi connectivity index (χ2v) is 6.54. The lowest BCUT2D eigenvalue weighted by Crippen LogP contribution is -2.54. The number of amides is 2. The third-order valence-corrected chi connectivity index (χ3v) is 3.40. The molecule has 0 aliphatic carbocycles. The van der Waals surface area contributed by atoms with Gasteiger partial charge in [0.05, 0.1) is 6.04 Å². The van der Waals surface area contributed by atoms with Crippen molar-refractivity contribution in [2.45, 2.75) is 58.9 Å². The lowest BCUT2D eigenvalue weighted by molar-refractivity contribution is -0.185. The Morgan fingerprint density at radius 2 is 1.87 bits per heavy atom. The lowest BCUT2D eigenvalue weighted by Gasteiger charge is -2.36. The van der Waals surface area contributed by atoms with Gasteiger partial charge in [0.1, 0.15) is 5.60 Å². The van der Waals surface area contributed by atoms with Gasteiger partial charge in [0, 0.05) is 13.1 Å². The molecule has 0 unspecified atom stereocenters. The number of hydrogen-bond acceptors (Lipinski definition) is 3. The molecular weight excluding hydrogens is 313 g/mol. The highest BCUT2D eigenvalue weighted by Gasteiger charge is 2.44. The molecule has 1 atom stereocenters. The van der Waals surface area contributed by atoms with Gasteiger partial charge in [-0.15, -0.1) is 0 Å². The minimum atomic E-state index is -4.93. The van der Waals surface area contributed by atoms with E-state index in [1.54, 1.807) is 27.7 Å². The third-order valence-electron chi connectivity index (χ3n) is 3.40. The van der Waals surface area contributed by atoms with Crippen molar-refractivity contribution < 1.29 is 27.5 Å². The fourth-order valence-corrected chi connectivity index (χ4v) is 2.55. The second kappa shape index (κ2) is 6.80. The van der Waals surface area contributed by atoms with Crippen molar-refractivity contribution >= 4 is 12.0 Å². The van der Waals surface area contributed by atoms with E-state index in [0.717, 1.165) is 5.57 Å². The van der Waals surface area contributed by atoms with Crippen LogP contribution in [-0.2, 0) is 9.53 Å². The molecule has 0 spiro atoms. The summed E-state index contributed by atoms with van der Waals surface area (Å²) >= 11 is 0. The van der Waals surface area contributed by atoms with Crippen molar-refractivity contribution in [1.29, 1.82) is 0 Å². The van der Waals surface area contributed by atoms with E-state index in [1.165, 1.54) is 0 Å². The fourth-order valence-electron chi connectivity index (χ4n) is 2.55. The largest absolute Gasteiger partial charge is 0.471 e. The van der Waals surface area contributed by atoms with Gasteiger partial charge in [0.25, 0.3) is 0 Å². The summed E-state index contributed by atoms with van der Waals surface area (Å²) in [4.78, 5) is 24.0. The Labute approximate surface area is 133 Å². The monoisotopic (exact) mass is 336 g/mol. The van der Waals surface area contributed by atoms with Crippen LogP contribution in [0.2, 0.25) is 0 Å². The van der Waals surface area contributed by atoms with Crippen LogP contribution in [0.5, 0.6) is 0 Å². The number of carbonyl (C=O) groups excluding carboxylic acids is 2. The molecule has 1 aliphatic rings. The zero-order valence-electron chi connectivity index (χ0n) is 14.0. The quantitative estimate of drug-likeness (QED) is 0.789. The summed E-state index contributed by atoms with van der Waals surface area (Å²) < 4.78 is 43.0. The predicted molar refractivity (Wildman–Crippen MR) is 78.8 cm³/mol. The first-order chi connectivity index (χ1) is 10.3. The minimum absolute atomic E-state index is 0.0893. The normalized spacial score (nSPS) is 19.7. The molecule has 0 aromatic carbocycles. The van der Waals surface area contributed by atoms with Gasteiger partial charge in [-0.25, -0.2) is 4.79 Å². The van der Waals surface area contributed by atoms with E-state index in [9.17, 15) is 22.8 Å². The van der Waals surface area contributed by atoms with Gasteiger partial charge in [0.2, 0.25) is 0 Å². The molecule has 1 heterocycles. The smallest absolute Gasteiger partial charge is 0.444 e. The molecule has 0 aromatic heterocycles. The molecule has 0 saturated heterocycles.